The summed E-state index contributed by atoms with van der Waals surface area (Å²) in [4.78, 5) is 0. The van der Waals surface area contributed by atoms with Crippen molar-refractivity contribution in [1.29, 1.82) is 0 Å². The summed E-state index contributed by atoms with van der Waals surface area (Å²) in [5.74, 6) is 1.78. The normalized spacial score (nSPS) is 27.0. The molecule has 1 aliphatic carbocycles. The molecular weight excluding hydrogens is 172 g/mol. The molecule has 2 N–H and O–H groups in total. The quantitative estimate of drug-likeness (QED) is 0.674. The first-order valence-corrected chi connectivity index (χ1v) is 6.17. The Labute approximate surface area is 87.8 Å². The van der Waals surface area contributed by atoms with Gasteiger partial charge < -0.3 is 10.6 Å². The molecule has 1 heterocycles. The highest BCUT2D eigenvalue weighted by molar-refractivity contribution is 4.93. The SMILES string of the molecule is CCC1(CNCC(C)C2CNC2)CC1. The fraction of sp³-hybridized carbons (Fsp3) is 1.00. The largest absolute Gasteiger partial charge is 0.316 e. The first kappa shape index (κ1) is 10.4. The van der Waals surface area contributed by atoms with Crippen LogP contribution in [0.25, 0.3) is 0 Å². The van der Waals surface area contributed by atoms with Gasteiger partial charge in [0.2, 0.25) is 0 Å². The Balaban J connectivity index is 1.58. The second-order valence-electron chi connectivity index (χ2n) is 5.38. The molecule has 2 fully saturated rings. The van der Waals surface area contributed by atoms with Crippen LogP contribution in [0, 0.1) is 17.3 Å². The molecule has 0 aromatic rings. The monoisotopic (exact) mass is 196 g/mol. The van der Waals surface area contributed by atoms with Crippen LogP contribution in [-0.2, 0) is 0 Å². The van der Waals surface area contributed by atoms with E-state index in [1.54, 1.807) is 0 Å². The summed E-state index contributed by atoms with van der Waals surface area (Å²) in [5, 5.41) is 7.00. The lowest BCUT2D eigenvalue weighted by molar-refractivity contribution is 0.238. The minimum atomic E-state index is 0.706. The molecular formula is C12H24N2. The second kappa shape index (κ2) is 4.19. The molecule has 1 atom stereocenters. The summed E-state index contributed by atoms with van der Waals surface area (Å²) in [5.41, 5.74) is 0.706. The van der Waals surface area contributed by atoms with Crippen LogP contribution in [-0.4, -0.2) is 26.2 Å². The molecule has 14 heavy (non-hydrogen) atoms. The Morgan fingerprint density at radius 1 is 1.43 bits per heavy atom. The average molecular weight is 196 g/mol. The third-order valence-corrected chi connectivity index (χ3v) is 4.29. The van der Waals surface area contributed by atoms with E-state index in [-0.39, 0.29) is 0 Å². The van der Waals surface area contributed by atoms with Crippen molar-refractivity contribution >= 4 is 0 Å². The maximum atomic E-state index is 3.66. The number of nitrogens with one attached hydrogen (secondary N) is 2. The Morgan fingerprint density at radius 2 is 2.14 bits per heavy atom. The molecule has 1 unspecified atom stereocenters. The van der Waals surface area contributed by atoms with Gasteiger partial charge >= 0.3 is 0 Å². The first-order chi connectivity index (χ1) is 6.76. The van der Waals surface area contributed by atoms with Crippen LogP contribution in [0.1, 0.15) is 33.1 Å². The van der Waals surface area contributed by atoms with E-state index in [2.05, 4.69) is 24.5 Å². The molecule has 2 nitrogen and oxygen atoms in total. The van der Waals surface area contributed by atoms with E-state index in [4.69, 9.17) is 0 Å². The van der Waals surface area contributed by atoms with Crippen LogP contribution in [0.4, 0.5) is 0 Å². The van der Waals surface area contributed by atoms with E-state index >= 15 is 0 Å². The Morgan fingerprint density at radius 3 is 2.57 bits per heavy atom. The van der Waals surface area contributed by atoms with Gasteiger partial charge in [-0.2, -0.15) is 0 Å². The summed E-state index contributed by atoms with van der Waals surface area (Å²) in [6.07, 6.45) is 4.27. The highest BCUT2D eigenvalue weighted by atomic mass is 15.0. The second-order valence-corrected chi connectivity index (χ2v) is 5.38. The van der Waals surface area contributed by atoms with Gasteiger partial charge in [-0.05, 0) is 56.1 Å². The van der Waals surface area contributed by atoms with Gasteiger partial charge in [0, 0.05) is 6.54 Å². The zero-order valence-corrected chi connectivity index (χ0v) is 9.60. The smallest absolute Gasteiger partial charge is 0.000783 e. The lowest BCUT2D eigenvalue weighted by Crippen LogP contribution is -2.48. The topological polar surface area (TPSA) is 24.1 Å². The van der Waals surface area contributed by atoms with Gasteiger partial charge in [-0.1, -0.05) is 13.8 Å². The molecule has 0 aromatic carbocycles. The van der Waals surface area contributed by atoms with Crippen LogP contribution in [0.5, 0.6) is 0 Å². The average Bonchev–Trinajstić information content (AvgIpc) is 2.82. The maximum absolute atomic E-state index is 3.66. The number of hydrogen-bond acceptors (Lipinski definition) is 2. The molecule has 2 aliphatic rings. The molecule has 0 aromatic heterocycles. The molecule has 2 heteroatoms. The predicted octanol–water partition coefficient (Wildman–Crippen LogP) is 1.62. The van der Waals surface area contributed by atoms with Gasteiger partial charge in [0.05, 0.1) is 0 Å². The molecule has 2 rings (SSSR count). The van der Waals surface area contributed by atoms with Gasteiger partial charge in [-0.25, -0.2) is 0 Å². The van der Waals surface area contributed by atoms with Crippen molar-refractivity contribution in [3.8, 4) is 0 Å². The third kappa shape index (κ3) is 2.29. The van der Waals surface area contributed by atoms with Crippen molar-refractivity contribution in [1.82, 2.24) is 10.6 Å². The molecule has 1 aliphatic heterocycles. The van der Waals surface area contributed by atoms with Crippen molar-refractivity contribution in [2.45, 2.75) is 33.1 Å². The minimum absolute atomic E-state index is 0.706. The summed E-state index contributed by atoms with van der Waals surface area (Å²) >= 11 is 0. The van der Waals surface area contributed by atoms with Crippen LogP contribution in [0.2, 0.25) is 0 Å². The summed E-state index contributed by atoms with van der Waals surface area (Å²) in [7, 11) is 0. The molecule has 0 amide bonds. The van der Waals surface area contributed by atoms with E-state index < -0.39 is 0 Å². The van der Waals surface area contributed by atoms with E-state index in [0.29, 0.717) is 5.41 Å². The molecule has 0 radical (unpaired) electrons. The molecule has 0 bridgehead atoms. The molecule has 1 saturated heterocycles. The van der Waals surface area contributed by atoms with Gasteiger partial charge in [0.25, 0.3) is 0 Å². The summed E-state index contributed by atoms with van der Waals surface area (Å²) in [6, 6.07) is 0. The third-order valence-electron chi connectivity index (χ3n) is 4.29. The van der Waals surface area contributed by atoms with Gasteiger partial charge in [-0.3, -0.25) is 0 Å². The highest BCUT2D eigenvalue weighted by Gasteiger charge is 2.40. The Hall–Kier alpha value is -0.0800. The van der Waals surface area contributed by atoms with Crippen molar-refractivity contribution in [2.24, 2.45) is 17.3 Å². The van der Waals surface area contributed by atoms with Crippen molar-refractivity contribution in [3.63, 3.8) is 0 Å². The van der Waals surface area contributed by atoms with Crippen molar-refractivity contribution < 1.29 is 0 Å². The van der Waals surface area contributed by atoms with Crippen LogP contribution >= 0.6 is 0 Å². The van der Waals surface area contributed by atoms with E-state index in [1.165, 1.54) is 45.4 Å². The van der Waals surface area contributed by atoms with E-state index in [0.717, 1.165) is 11.8 Å². The highest BCUT2D eigenvalue weighted by Crippen LogP contribution is 2.47. The van der Waals surface area contributed by atoms with E-state index in [1.807, 2.05) is 0 Å². The fourth-order valence-electron chi connectivity index (χ4n) is 2.28. The van der Waals surface area contributed by atoms with Gasteiger partial charge in [0.15, 0.2) is 0 Å². The minimum Gasteiger partial charge on any atom is -0.316 e. The molecule has 82 valence electrons. The molecule has 0 spiro atoms. The number of rotatable bonds is 6. The van der Waals surface area contributed by atoms with Crippen molar-refractivity contribution in [3.05, 3.63) is 0 Å². The van der Waals surface area contributed by atoms with Crippen LogP contribution in [0.15, 0.2) is 0 Å². The van der Waals surface area contributed by atoms with Crippen LogP contribution in [0.3, 0.4) is 0 Å². The zero-order valence-electron chi connectivity index (χ0n) is 9.60. The van der Waals surface area contributed by atoms with Gasteiger partial charge in [0.1, 0.15) is 0 Å². The predicted molar refractivity (Wildman–Crippen MR) is 60.4 cm³/mol. The summed E-state index contributed by atoms with van der Waals surface area (Å²) < 4.78 is 0. The zero-order chi connectivity index (χ0) is 10.0. The van der Waals surface area contributed by atoms with Crippen LogP contribution < -0.4 is 10.6 Å². The number of hydrogen-bond donors (Lipinski definition) is 2. The first-order valence-electron chi connectivity index (χ1n) is 6.17. The Kier molecular flexibility index (Phi) is 3.13. The van der Waals surface area contributed by atoms with Gasteiger partial charge in [-0.15, -0.1) is 0 Å². The van der Waals surface area contributed by atoms with E-state index in [9.17, 15) is 0 Å². The Bertz CT molecular complexity index is 183. The molecule has 1 saturated carbocycles. The van der Waals surface area contributed by atoms with Crippen molar-refractivity contribution in [2.75, 3.05) is 26.2 Å². The maximum Gasteiger partial charge on any atom is 0.000783 e. The summed E-state index contributed by atoms with van der Waals surface area (Å²) in [6.45, 7) is 9.66. The fourth-order valence-corrected chi connectivity index (χ4v) is 2.28. The lowest BCUT2D eigenvalue weighted by Gasteiger charge is -2.33. The lowest BCUT2D eigenvalue weighted by atomic mass is 9.89. The standard InChI is InChI=1S/C12H24N2/c1-3-12(4-5-12)9-14-6-10(2)11-7-13-8-11/h10-11,13-14H,3-9H2,1-2H3.